The Morgan fingerprint density at radius 3 is 2.42 bits per heavy atom. The van der Waals surface area contributed by atoms with Gasteiger partial charge in [0.25, 0.3) is 5.91 Å². The molecule has 8 heteroatoms. The van der Waals surface area contributed by atoms with Crippen LogP contribution in [-0.2, 0) is 16.0 Å². The molecule has 0 spiro atoms. The van der Waals surface area contributed by atoms with E-state index in [1.54, 1.807) is 62.8 Å². The molecular formula is C28H25FN2O5. The van der Waals surface area contributed by atoms with Crippen LogP contribution in [0.2, 0.25) is 0 Å². The van der Waals surface area contributed by atoms with E-state index in [1.165, 1.54) is 12.1 Å². The zero-order valence-electron chi connectivity index (χ0n) is 19.9. The molecule has 0 atom stereocenters. The average molecular weight is 489 g/mol. The minimum atomic E-state index is -0.635. The predicted octanol–water partition coefficient (Wildman–Crippen LogP) is 4.57. The van der Waals surface area contributed by atoms with Gasteiger partial charge in [-0.25, -0.2) is 14.2 Å². The van der Waals surface area contributed by atoms with Crippen molar-refractivity contribution in [3.63, 3.8) is 0 Å². The van der Waals surface area contributed by atoms with Gasteiger partial charge in [0.05, 0.1) is 31.0 Å². The van der Waals surface area contributed by atoms with Crippen LogP contribution in [0, 0.1) is 5.82 Å². The van der Waals surface area contributed by atoms with Crippen LogP contribution in [0.5, 0.6) is 11.5 Å². The summed E-state index contributed by atoms with van der Waals surface area (Å²) in [5, 5.41) is 3.32. The molecule has 36 heavy (non-hydrogen) atoms. The second-order valence-electron chi connectivity index (χ2n) is 7.94. The lowest BCUT2D eigenvalue weighted by atomic mass is 10.0. The molecule has 184 valence electrons. The number of pyridine rings is 1. The van der Waals surface area contributed by atoms with Crippen LogP contribution < -0.4 is 14.8 Å². The van der Waals surface area contributed by atoms with E-state index in [0.29, 0.717) is 46.6 Å². The van der Waals surface area contributed by atoms with Gasteiger partial charge in [0.1, 0.15) is 5.82 Å². The number of hydrogen-bond acceptors (Lipinski definition) is 6. The van der Waals surface area contributed by atoms with Crippen molar-refractivity contribution in [3.8, 4) is 22.8 Å². The fourth-order valence-corrected chi connectivity index (χ4v) is 3.74. The van der Waals surface area contributed by atoms with Gasteiger partial charge in [-0.1, -0.05) is 30.3 Å². The summed E-state index contributed by atoms with van der Waals surface area (Å²) in [5.74, 6) is -0.265. The maximum Gasteiger partial charge on any atom is 0.339 e. The zero-order chi connectivity index (χ0) is 25.5. The van der Waals surface area contributed by atoms with E-state index in [2.05, 4.69) is 10.3 Å². The molecule has 0 radical (unpaired) electrons. The van der Waals surface area contributed by atoms with Crippen molar-refractivity contribution in [2.24, 2.45) is 0 Å². The highest BCUT2D eigenvalue weighted by Gasteiger charge is 2.17. The number of benzene rings is 3. The summed E-state index contributed by atoms with van der Waals surface area (Å²) in [6.07, 6.45) is 0.531. The molecular weight excluding hydrogens is 463 g/mol. The number of amides is 1. The van der Waals surface area contributed by atoms with E-state index in [0.717, 1.165) is 11.1 Å². The molecule has 0 aliphatic rings. The number of nitrogens with zero attached hydrogens (tertiary/aromatic N) is 1. The van der Waals surface area contributed by atoms with Gasteiger partial charge in [-0.2, -0.15) is 0 Å². The molecule has 1 N–H and O–H groups in total. The third-order valence-electron chi connectivity index (χ3n) is 5.60. The van der Waals surface area contributed by atoms with Crippen LogP contribution in [0.15, 0.2) is 72.8 Å². The topological polar surface area (TPSA) is 86.8 Å². The number of aromatic nitrogens is 1. The van der Waals surface area contributed by atoms with Gasteiger partial charge in [-0.15, -0.1) is 0 Å². The van der Waals surface area contributed by atoms with E-state index < -0.39 is 18.5 Å². The van der Waals surface area contributed by atoms with Gasteiger partial charge in [0, 0.05) is 17.5 Å². The molecule has 3 aromatic carbocycles. The van der Waals surface area contributed by atoms with Gasteiger partial charge in [-0.05, 0) is 54.4 Å². The smallest absolute Gasteiger partial charge is 0.339 e. The van der Waals surface area contributed by atoms with E-state index in [4.69, 9.17) is 14.2 Å². The molecule has 4 aromatic rings. The van der Waals surface area contributed by atoms with Crippen molar-refractivity contribution in [2.75, 3.05) is 27.4 Å². The Hall–Kier alpha value is -4.46. The largest absolute Gasteiger partial charge is 0.493 e. The molecule has 0 bridgehead atoms. The van der Waals surface area contributed by atoms with Crippen LogP contribution in [0.1, 0.15) is 15.9 Å². The molecule has 7 nitrogen and oxygen atoms in total. The first kappa shape index (κ1) is 24.7. The number of para-hydroxylation sites is 1. The second kappa shape index (κ2) is 11.3. The number of fused-ring (bicyclic) bond motifs is 1. The monoisotopic (exact) mass is 488 g/mol. The molecule has 1 amide bonds. The molecule has 1 heterocycles. The quantitative estimate of drug-likeness (QED) is 0.347. The number of methoxy groups -OCH3 is 2. The van der Waals surface area contributed by atoms with Crippen LogP contribution in [-0.4, -0.2) is 44.2 Å². The van der Waals surface area contributed by atoms with Gasteiger partial charge in [-0.3, -0.25) is 4.79 Å². The average Bonchev–Trinajstić information content (AvgIpc) is 2.91. The van der Waals surface area contributed by atoms with Crippen molar-refractivity contribution in [3.05, 3.63) is 89.7 Å². The lowest BCUT2D eigenvalue weighted by Gasteiger charge is -2.12. The van der Waals surface area contributed by atoms with Crippen molar-refractivity contribution in [2.45, 2.75) is 6.42 Å². The number of halogens is 1. The third-order valence-corrected chi connectivity index (χ3v) is 5.60. The Labute approximate surface area is 207 Å². The normalized spacial score (nSPS) is 10.6. The Balaban J connectivity index is 1.47. The number of carbonyl (C=O) groups excluding carboxylic acids is 2. The molecule has 0 saturated heterocycles. The van der Waals surface area contributed by atoms with Gasteiger partial charge in [0.15, 0.2) is 18.1 Å². The minimum absolute atomic E-state index is 0.296. The fraction of sp³-hybridized carbons (Fsp3) is 0.179. The first-order valence-electron chi connectivity index (χ1n) is 11.3. The number of hydrogen-bond donors (Lipinski definition) is 1. The lowest BCUT2D eigenvalue weighted by molar-refractivity contribution is -0.124. The van der Waals surface area contributed by atoms with Gasteiger partial charge < -0.3 is 19.5 Å². The number of esters is 1. The highest BCUT2D eigenvalue weighted by atomic mass is 19.1. The number of nitrogens with one attached hydrogen (secondary N) is 1. The molecule has 0 saturated carbocycles. The Bertz CT molecular complexity index is 1390. The maximum atomic E-state index is 13.0. The maximum absolute atomic E-state index is 13.0. The third kappa shape index (κ3) is 5.78. The summed E-state index contributed by atoms with van der Waals surface area (Å²) in [6.45, 7) is -0.0890. The zero-order valence-corrected chi connectivity index (χ0v) is 19.9. The Morgan fingerprint density at radius 1 is 0.917 bits per heavy atom. The number of ether oxygens (including phenoxy) is 3. The summed E-state index contributed by atoms with van der Waals surface area (Å²) >= 11 is 0. The van der Waals surface area contributed by atoms with E-state index in [9.17, 15) is 14.0 Å². The molecule has 4 rings (SSSR count). The summed E-state index contributed by atoms with van der Waals surface area (Å²) in [7, 11) is 3.10. The molecule has 0 unspecified atom stereocenters. The molecule has 0 aliphatic heterocycles. The van der Waals surface area contributed by atoms with Crippen LogP contribution in [0.25, 0.3) is 22.2 Å². The van der Waals surface area contributed by atoms with E-state index >= 15 is 0 Å². The SMILES string of the molecule is COc1ccc(-c2cc(C(=O)OCC(=O)NCCc3ccc(F)cc3)c3ccccc3n2)cc1OC. The highest BCUT2D eigenvalue weighted by molar-refractivity contribution is 6.05. The first-order valence-corrected chi connectivity index (χ1v) is 11.3. The summed E-state index contributed by atoms with van der Waals surface area (Å²) in [5.41, 5.74) is 3.07. The molecule has 0 fully saturated rings. The standard InChI is InChI=1S/C28H25FN2O5/c1-34-25-12-9-19(15-26(25)35-2)24-16-22(21-5-3-4-6-23(21)31-24)28(33)36-17-27(32)30-14-13-18-7-10-20(29)11-8-18/h3-12,15-16H,13-14,17H2,1-2H3,(H,30,32). The second-order valence-corrected chi connectivity index (χ2v) is 7.94. The fourth-order valence-electron chi connectivity index (χ4n) is 3.74. The predicted molar refractivity (Wildman–Crippen MR) is 134 cm³/mol. The van der Waals surface area contributed by atoms with Crippen molar-refractivity contribution >= 4 is 22.8 Å². The number of rotatable bonds is 9. The lowest BCUT2D eigenvalue weighted by Crippen LogP contribution is -2.30. The van der Waals surface area contributed by atoms with Crippen molar-refractivity contribution in [1.29, 1.82) is 0 Å². The first-order chi connectivity index (χ1) is 17.5. The van der Waals surface area contributed by atoms with Gasteiger partial charge >= 0.3 is 5.97 Å². The van der Waals surface area contributed by atoms with Crippen LogP contribution in [0.3, 0.4) is 0 Å². The van der Waals surface area contributed by atoms with E-state index in [-0.39, 0.29) is 5.82 Å². The van der Waals surface area contributed by atoms with Crippen molar-refractivity contribution < 1.29 is 28.2 Å². The van der Waals surface area contributed by atoms with Crippen molar-refractivity contribution in [1.82, 2.24) is 10.3 Å². The Morgan fingerprint density at radius 2 is 1.67 bits per heavy atom. The summed E-state index contributed by atoms with van der Waals surface area (Å²) in [4.78, 5) is 29.9. The Kier molecular flexibility index (Phi) is 7.75. The number of carbonyl (C=O) groups is 2. The summed E-state index contributed by atoms with van der Waals surface area (Å²) < 4.78 is 29.0. The van der Waals surface area contributed by atoms with Gasteiger partial charge in [0.2, 0.25) is 0 Å². The summed E-state index contributed by atoms with van der Waals surface area (Å²) in [6, 6.07) is 20.3. The van der Waals surface area contributed by atoms with Crippen LogP contribution >= 0.6 is 0 Å². The molecule has 0 aliphatic carbocycles. The van der Waals surface area contributed by atoms with E-state index in [1.807, 2.05) is 12.1 Å². The minimum Gasteiger partial charge on any atom is -0.493 e. The highest BCUT2D eigenvalue weighted by Crippen LogP contribution is 2.33. The van der Waals surface area contributed by atoms with Crippen LogP contribution in [0.4, 0.5) is 4.39 Å². The molecule has 1 aromatic heterocycles.